The Balaban J connectivity index is 1.83. The van der Waals surface area contributed by atoms with Crippen molar-refractivity contribution in [1.29, 1.82) is 0 Å². The molecule has 1 aliphatic rings. The van der Waals surface area contributed by atoms with Crippen LogP contribution < -0.4 is 5.32 Å². The second-order valence-corrected chi connectivity index (χ2v) is 4.96. The summed E-state index contributed by atoms with van der Waals surface area (Å²) in [7, 11) is 0. The van der Waals surface area contributed by atoms with E-state index in [1.54, 1.807) is 6.26 Å². The first-order chi connectivity index (χ1) is 8.90. The van der Waals surface area contributed by atoms with Gasteiger partial charge in [-0.15, -0.1) is 0 Å². The first kappa shape index (κ1) is 11.5. The molecule has 0 bridgehead atoms. The van der Waals surface area contributed by atoms with Gasteiger partial charge in [-0.1, -0.05) is 31.2 Å². The topological polar surface area (TPSA) is 25.2 Å². The number of nitrogens with one attached hydrogen (secondary N) is 1. The Kier molecular flexibility index (Phi) is 3.20. The molecule has 2 unspecified atom stereocenters. The van der Waals surface area contributed by atoms with Crippen molar-refractivity contribution in [2.45, 2.75) is 31.7 Å². The van der Waals surface area contributed by atoms with Crippen molar-refractivity contribution < 1.29 is 4.42 Å². The minimum Gasteiger partial charge on any atom is -0.468 e. The zero-order chi connectivity index (χ0) is 12.4. The first-order valence-corrected chi connectivity index (χ1v) is 6.74. The molecule has 0 spiro atoms. The van der Waals surface area contributed by atoms with Gasteiger partial charge in [-0.05, 0) is 42.6 Å². The predicted molar refractivity (Wildman–Crippen MR) is 72.6 cm³/mol. The Bertz CT molecular complexity index is 504. The van der Waals surface area contributed by atoms with Crippen LogP contribution in [0.1, 0.15) is 42.2 Å². The molecule has 3 rings (SSSR count). The van der Waals surface area contributed by atoms with Crippen LogP contribution in [0, 0.1) is 0 Å². The molecular formula is C16H19NO. The zero-order valence-corrected chi connectivity index (χ0v) is 10.7. The monoisotopic (exact) mass is 241 g/mol. The molecule has 18 heavy (non-hydrogen) atoms. The molecule has 1 aromatic heterocycles. The van der Waals surface area contributed by atoms with E-state index in [4.69, 9.17) is 4.42 Å². The second kappa shape index (κ2) is 4.99. The highest BCUT2D eigenvalue weighted by Crippen LogP contribution is 2.43. The molecule has 1 N–H and O–H groups in total. The summed E-state index contributed by atoms with van der Waals surface area (Å²) in [5.74, 6) is 1.61. The normalized spacial score (nSPS) is 19.1. The van der Waals surface area contributed by atoms with Gasteiger partial charge in [0, 0.05) is 5.92 Å². The Morgan fingerprint density at radius 2 is 2.17 bits per heavy atom. The molecule has 0 radical (unpaired) electrons. The fraction of sp³-hybridized carbons (Fsp3) is 0.375. The van der Waals surface area contributed by atoms with Gasteiger partial charge < -0.3 is 9.73 Å². The van der Waals surface area contributed by atoms with Gasteiger partial charge >= 0.3 is 0 Å². The molecule has 1 aromatic carbocycles. The molecular weight excluding hydrogens is 222 g/mol. The van der Waals surface area contributed by atoms with E-state index in [-0.39, 0.29) is 0 Å². The van der Waals surface area contributed by atoms with Gasteiger partial charge in [0.15, 0.2) is 0 Å². The number of rotatable bonds is 5. The van der Waals surface area contributed by atoms with Gasteiger partial charge in [-0.25, -0.2) is 0 Å². The first-order valence-electron chi connectivity index (χ1n) is 6.74. The zero-order valence-electron chi connectivity index (χ0n) is 10.7. The van der Waals surface area contributed by atoms with Crippen LogP contribution in [0.5, 0.6) is 0 Å². The number of furan rings is 1. The molecule has 0 aliphatic heterocycles. The molecule has 1 heterocycles. The summed E-state index contributed by atoms with van der Waals surface area (Å²) >= 11 is 0. The Labute approximate surface area is 108 Å². The Hall–Kier alpha value is -1.54. The largest absolute Gasteiger partial charge is 0.468 e. The smallest absolute Gasteiger partial charge is 0.121 e. The van der Waals surface area contributed by atoms with Crippen molar-refractivity contribution in [1.82, 2.24) is 5.32 Å². The number of benzene rings is 1. The van der Waals surface area contributed by atoms with Crippen molar-refractivity contribution in [3.8, 4) is 0 Å². The summed E-state index contributed by atoms with van der Waals surface area (Å²) in [4.78, 5) is 0. The third-order valence-electron chi connectivity index (χ3n) is 3.76. The van der Waals surface area contributed by atoms with E-state index < -0.39 is 0 Å². The van der Waals surface area contributed by atoms with E-state index in [9.17, 15) is 0 Å². The van der Waals surface area contributed by atoms with Gasteiger partial charge in [0.05, 0.1) is 12.3 Å². The Morgan fingerprint density at radius 1 is 1.28 bits per heavy atom. The van der Waals surface area contributed by atoms with Crippen molar-refractivity contribution >= 4 is 0 Å². The van der Waals surface area contributed by atoms with Gasteiger partial charge in [0.1, 0.15) is 5.76 Å². The Morgan fingerprint density at radius 3 is 2.89 bits per heavy atom. The minimum absolute atomic E-state index is 0.315. The van der Waals surface area contributed by atoms with Crippen LogP contribution in [0.2, 0.25) is 0 Å². The van der Waals surface area contributed by atoms with E-state index >= 15 is 0 Å². The third kappa shape index (κ3) is 1.97. The van der Waals surface area contributed by atoms with Crippen LogP contribution in [0.15, 0.2) is 47.1 Å². The van der Waals surface area contributed by atoms with Crippen LogP contribution in [0.4, 0.5) is 0 Å². The number of fused-ring (bicyclic) bond motifs is 1. The predicted octanol–water partition coefficient (Wildman–Crippen LogP) is 3.66. The fourth-order valence-corrected chi connectivity index (χ4v) is 2.80. The van der Waals surface area contributed by atoms with Gasteiger partial charge in [-0.2, -0.15) is 0 Å². The molecule has 0 amide bonds. The second-order valence-electron chi connectivity index (χ2n) is 4.96. The van der Waals surface area contributed by atoms with Gasteiger partial charge in [0.2, 0.25) is 0 Å². The third-order valence-corrected chi connectivity index (χ3v) is 3.76. The highest BCUT2D eigenvalue weighted by molar-refractivity contribution is 5.42. The number of hydrogen-bond acceptors (Lipinski definition) is 2. The lowest BCUT2D eigenvalue weighted by molar-refractivity contribution is 0.345. The molecule has 0 fully saturated rings. The summed E-state index contributed by atoms with van der Waals surface area (Å²) in [5, 5.41) is 3.62. The minimum atomic E-state index is 0.315. The highest BCUT2D eigenvalue weighted by atomic mass is 16.3. The quantitative estimate of drug-likeness (QED) is 0.864. The summed E-state index contributed by atoms with van der Waals surface area (Å²) < 4.78 is 5.60. The summed E-state index contributed by atoms with van der Waals surface area (Å²) in [6, 6.07) is 13.1. The maximum Gasteiger partial charge on any atom is 0.121 e. The lowest BCUT2D eigenvalue weighted by Crippen LogP contribution is -2.33. The van der Waals surface area contributed by atoms with Crippen LogP contribution in [0.25, 0.3) is 0 Å². The van der Waals surface area contributed by atoms with Crippen LogP contribution in [0.3, 0.4) is 0 Å². The summed E-state index contributed by atoms with van der Waals surface area (Å²) in [6.45, 7) is 3.23. The van der Waals surface area contributed by atoms with Crippen molar-refractivity contribution in [2.75, 3.05) is 6.54 Å². The van der Waals surface area contributed by atoms with Crippen molar-refractivity contribution in [3.63, 3.8) is 0 Å². The average molecular weight is 241 g/mol. The highest BCUT2D eigenvalue weighted by Gasteiger charge is 2.34. The molecule has 0 saturated carbocycles. The maximum absolute atomic E-state index is 5.60. The van der Waals surface area contributed by atoms with E-state index in [1.165, 1.54) is 11.1 Å². The van der Waals surface area contributed by atoms with Crippen molar-refractivity contribution in [2.24, 2.45) is 0 Å². The molecule has 2 aromatic rings. The molecule has 2 heteroatoms. The van der Waals surface area contributed by atoms with Crippen LogP contribution in [-0.2, 0) is 6.42 Å². The van der Waals surface area contributed by atoms with Gasteiger partial charge in [0.25, 0.3) is 0 Å². The standard InChI is InChI=1S/C16H19NO/c1-2-9-17-16(15-8-5-10-18-15)14-11-12-6-3-4-7-13(12)14/h3-8,10,14,16-17H,2,9,11H2,1H3. The van der Waals surface area contributed by atoms with Crippen LogP contribution in [-0.4, -0.2) is 6.54 Å². The van der Waals surface area contributed by atoms with E-state index in [0.29, 0.717) is 12.0 Å². The number of hydrogen-bond donors (Lipinski definition) is 1. The van der Waals surface area contributed by atoms with E-state index in [0.717, 1.165) is 25.1 Å². The summed E-state index contributed by atoms with van der Waals surface area (Å²) in [6.07, 6.45) is 4.06. The fourth-order valence-electron chi connectivity index (χ4n) is 2.80. The maximum atomic E-state index is 5.60. The van der Waals surface area contributed by atoms with Crippen molar-refractivity contribution in [3.05, 3.63) is 59.5 Å². The lowest BCUT2D eigenvalue weighted by Gasteiger charge is -2.36. The molecule has 94 valence electrons. The summed E-state index contributed by atoms with van der Waals surface area (Å²) in [5.41, 5.74) is 2.96. The molecule has 0 saturated heterocycles. The molecule has 2 nitrogen and oxygen atoms in total. The SMILES string of the molecule is CCCNC(c1ccco1)C1Cc2ccccc21. The average Bonchev–Trinajstić information content (AvgIpc) is 2.88. The molecule has 1 aliphatic carbocycles. The molecule has 2 atom stereocenters. The van der Waals surface area contributed by atoms with E-state index in [1.807, 2.05) is 6.07 Å². The van der Waals surface area contributed by atoms with E-state index in [2.05, 4.69) is 42.6 Å². The van der Waals surface area contributed by atoms with Crippen LogP contribution >= 0.6 is 0 Å². The lowest BCUT2D eigenvalue weighted by atomic mass is 9.73. The van der Waals surface area contributed by atoms with Gasteiger partial charge in [-0.3, -0.25) is 0 Å².